The zero-order valence-electron chi connectivity index (χ0n) is 11.8. The summed E-state index contributed by atoms with van der Waals surface area (Å²) in [5.74, 6) is 0.718. The van der Waals surface area contributed by atoms with Crippen LogP contribution in [0.2, 0.25) is 0 Å². The number of anilines is 1. The molecule has 0 saturated heterocycles. The van der Waals surface area contributed by atoms with Crippen molar-refractivity contribution in [2.75, 3.05) is 5.32 Å². The lowest BCUT2D eigenvalue weighted by molar-refractivity contribution is -0.117. The Morgan fingerprint density at radius 2 is 2.24 bits per heavy atom. The van der Waals surface area contributed by atoms with Crippen LogP contribution in [0.25, 0.3) is 0 Å². The van der Waals surface area contributed by atoms with Crippen LogP contribution >= 0.6 is 0 Å². The minimum atomic E-state index is -0.279. The van der Waals surface area contributed by atoms with Crippen molar-refractivity contribution in [1.82, 2.24) is 9.55 Å². The summed E-state index contributed by atoms with van der Waals surface area (Å²) in [6, 6.07) is 9.28. The molecule has 5 heteroatoms. The van der Waals surface area contributed by atoms with Crippen molar-refractivity contribution in [1.29, 1.82) is 0 Å². The standard InChI is InChI=1S/C16H17N3O2/c1-11-8-14(11)15(20)18-13-5-2-4-12(9-13)10-19-7-3-6-17-16(19)21/h2-7,9,11,14H,8,10H2,1H3,(H,18,20)/t11-,14-/m0/s1. The molecule has 0 aliphatic heterocycles. The maximum Gasteiger partial charge on any atom is 0.347 e. The van der Waals surface area contributed by atoms with E-state index in [0.717, 1.165) is 17.7 Å². The minimum Gasteiger partial charge on any atom is -0.326 e. The van der Waals surface area contributed by atoms with Crippen molar-refractivity contribution in [3.8, 4) is 0 Å². The topological polar surface area (TPSA) is 64.0 Å². The number of benzene rings is 1. The van der Waals surface area contributed by atoms with Gasteiger partial charge in [0.25, 0.3) is 0 Å². The van der Waals surface area contributed by atoms with Crippen LogP contribution in [0, 0.1) is 11.8 Å². The van der Waals surface area contributed by atoms with E-state index in [1.165, 1.54) is 10.8 Å². The summed E-state index contributed by atoms with van der Waals surface area (Å²) >= 11 is 0. The lowest BCUT2D eigenvalue weighted by atomic mass is 10.2. The Morgan fingerprint density at radius 1 is 1.43 bits per heavy atom. The summed E-state index contributed by atoms with van der Waals surface area (Å²) in [4.78, 5) is 27.3. The SMILES string of the molecule is C[C@H]1C[C@@H]1C(=O)Nc1cccc(Cn2cccnc2=O)c1. The summed E-state index contributed by atoms with van der Waals surface area (Å²) in [7, 11) is 0. The molecular weight excluding hydrogens is 266 g/mol. The molecule has 1 fully saturated rings. The Balaban J connectivity index is 1.73. The van der Waals surface area contributed by atoms with E-state index in [1.54, 1.807) is 12.3 Å². The van der Waals surface area contributed by atoms with Gasteiger partial charge in [0.15, 0.2) is 0 Å². The second kappa shape index (κ2) is 5.52. The number of hydrogen-bond donors (Lipinski definition) is 1. The molecule has 1 aliphatic carbocycles. The summed E-state index contributed by atoms with van der Waals surface area (Å²) < 4.78 is 1.53. The van der Waals surface area contributed by atoms with E-state index in [-0.39, 0.29) is 17.5 Å². The van der Waals surface area contributed by atoms with Crippen LogP contribution in [0.3, 0.4) is 0 Å². The Hall–Kier alpha value is -2.43. The zero-order chi connectivity index (χ0) is 14.8. The van der Waals surface area contributed by atoms with Gasteiger partial charge in [0.1, 0.15) is 0 Å². The number of nitrogens with one attached hydrogen (secondary N) is 1. The molecule has 0 unspecified atom stereocenters. The number of hydrogen-bond acceptors (Lipinski definition) is 3. The van der Waals surface area contributed by atoms with Gasteiger partial charge in [-0.3, -0.25) is 9.36 Å². The highest BCUT2D eigenvalue weighted by atomic mass is 16.2. The predicted octanol–water partition coefficient (Wildman–Crippen LogP) is 1.89. The molecule has 1 heterocycles. The third-order valence-corrected chi connectivity index (χ3v) is 3.78. The van der Waals surface area contributed by atoms with Crippen LogP contribution < -0.4 is 11.0 Å². The summed E-state index contributed by atoms with van der Waals surface area (Å²) in [6.45, 7) is 2.52. The normalized spacial score (nSPS) is 20.0. The fraction of sp³-hybridized carbons (Fsp3) is 0.312. The van der Waals surface area contributed by atoms with Crippen LogP contribution in [0.1, 0.15) is 18.9 Å². The zero-order valence-corrected chi connectivity index (χ0v) is 11.8. The van der Waals surface area contributed by atoms with Gasteiger partial charge in [0.05, 0.1) is 6.54 Å². The van der Waals surface area contributed by atoms with Crippen LogP contribution in [0.5, 0.6) is 0 Å². The van der Waals surface area contributed by atoms with Gasteiger partial charge >= 0.3 is 5.69 Å². The van der Waals surface area contributed by atoms with Gasteiger partial charge in [-0.15, -0.1) is 0 Å². The highest BCUT2D eigenvalue weighted by Gasteiger charge is 2.39. The molecule has 0 bridgehead atoms. The van der Waals surface area contributed by atoms with E-state index in [9.17, 15) is 9.59 Å². The second-order valence-electron chi connectivity index (χ2n) is 5.54. The molecular formula is C16H17N3O2. The van der Waals surface area contributed by atoms with Crippen LogP contribution in [0.4, 0.5) is 5.69 Å². The van der Waals surface area contributed by atoms with Crippen molar-refractivity contribution >= 4 is 11.6 Å². The molecule has 0 radical (unpaired) electrons. The number of nitrogens with zero attached hydrogens (tertiary/aromatic N) is 2. The number of rotatable bonds is 4. The molecule has 2 aromatic rings. The quantitative estimate of drug-likeness (QED) is 0.932. The van der Waals surface area contributed by atoms with Crippen molar-refractivity contribution in [2.24, 2.45) is 11.8 Å². The van der Waals surface area contributed by atoms with Gasteiger partial charge in [0, 0.05) is 24.0 Å². The molecule has 1 aliphatic rings. The van der Waals surface area contributed by atoms with Crippen LogP contribution in [0.15, 0.2) is 47.5 Å². The minimum absolute atomic E-state index is 0.0817. The van der Waals surface area contributed by atoms with Crippen LogP contribution in [-0.2, 0) is 11.3 Å². The molecule has 5 nitrogen and oxygen atoms in total. The number of carbonyl (C=O) groups excluding carboxylic acids is 1. The van der Waals surface area contributed by atoms with E-state index in [4.69, 9.17) is 0 Å². The largest absolute Gasteiger partial charge is 0.347 e. The monoisotopic (exact) mass is 283 g/mol. The second-order valence-corrected chi connectivity index (χ2v) is 5.54. The maximum atomic E-state index is 11.9. The Kier molecular flexibility index (Phi) is 3.56. The molecule has 1 N–H and O–H groups in total. The molecule has 2 atom stereocenters. The van der Waals surface area contributed by atoms with Gasteiger partial charge in [-0.25, -0.2) is 9.78 Å². The van der Waals surface area contributed by atoms with Crippen molar-refractivity contribution in [2.45, 2.75) is 19.9 Å². The first-order chi connectivity index (χ1) is 10.1. The van der Waals surface area contributed by atoms with Crippen molar-refractivity contribution in [3.63, 3.8) is 0 Å². The first kappa shape index (κ1) is 13.5. The van der Waals surface area contributed by atoms with Crippen molar-refractivity contribution in [3.05, 3.63) is 58.8 Å². The number of amides is 1. The smallest absolute Gasteiger partial charge is 0.326 e. The number of aromatic nitrogens is 2. The van der Waals surface area contributed by atoms with E-state index < -0.39 is 0 Å². The van der Waals surface area contributed by atoms with E-state index >= 15 is 0 Å². The lowest BCUT2D eigenvalue weighted by Crippen LogP contribution is -2.22. The highest BCUT2D eigenvalue weighted by Crippen LogP contribution is 2.38. The maximum absolute atomic E-state index is 11.9. The van der Waals surface area contributed by atoms with Crippen molar-refractivity contribution < 1.29 is 4.79 Å². The third kappa shape index (κ3) is 3.18. The van der Waals surface area contributed by atoms with Gasteiger partial charge in [-0.05, 0) is 36.1 Å². The summed E-state index contributed by atoms with van der Waals surface area (Å²) in [6.07, 6.45) is 4.15. The highest BCUT2D eigenvalue weighted by molar-refractivity contribution is 5.94. The molecule has 0 spiro atoms. The molecule has 3 rings (SSSR count). The Bertz CT molecular complexity index is 723. The summed E-state index contributed by atoms with van der Waals surface area (Å²) in [5.41, 5.74) is 1.44. The van der Waals surface area contributed by atoms with Gasteiger partial charge in [-0.2, -0.15) is 0 Å². The average Bonchev–Trinajstić information content (AvgIpc) is 3.19. The Labute approximate surface area is 122 Å². The van der Waals surface area contributed by atoms with Crippen LogP contribution in [-0.4, -0.2) is 15.5 Å². The molecule has 1 aromatic heterocycles. The van der Waals surface area contributed by atoms with E-state index in [2.05, 4.69) is 17.2 Å². The molecule has 21 heavy (non-hydrogen) atoms. The fourth-order valence-electron chi connectivity index (χ4n) is 2.37. The fourth-order valence-corrected chi connectivity index (χ4v) is 2.37. The average molecular weight is 283 g/mol. The molecule has 108 valence electrons. The molecule has 1 aromatic carbocycles. The third-order valence-electron chi connectivity index (χ3n) is 3.78. The van der Waals surface area contributed by atoms with Gasteiger partial charge in [-0.1, -0.05) is 19.1 Å². The molecule has 1 amide bonds. The summed E-state index contributed by atoms with van der Waals surface area (Å²) in [5, 5.41) is 2.93. The first-order valence-electron chi connectivity index (χ1n) is 7.05. The van der Waals surface area contributed by atoms with E-state index in [0.29, 0.717) is 12.5 Å². The van der Waals surface area contributed by atoms with Gasteiger partial charge in [0.2, 0.25) is 5.91 Å². The lowest BCUT2D eigenvalue weighted by Gasteiger charge is -2.08. The van der Waals surface area contributed by atoms with E-state index in [1.807, 2.05) is 24.3 Å². The number of carbonyl (C=O) groups is 1. The first-order valence-corrected chi connectivity index (χ1v) is 7.05. The Morgan fingerprint density at radius 3 is 2.95 bits per heavy atom. The molecule has 1 saturated carbocycles. The van der Waals surface area contributed by atoms with Gasteiger partial charge < -0.3 is 5.32 Å². The predicted molar refractivity (Wildman–Crippen MR) is 79.9 cm³/mol.